The summed E-state index contributed by atoms with van der Waals surface area (Å²) in [4.78, 5) is 28.3. The summed E-state index contributed by atoms with van der Waals surface area (Å²) in [6.45, 7) is 5.51. The lowest BCUT2D eigenvalue weighted by Gasteiger charge is -2.32. The van der Waals surface area contributed by atoms with Crippen LogP contribution in [0.15, 0.2) is 82.2 Å². The van der Waals surface area contributed by atoms with Crippen LogP contribution in [-0.2, 0) is 26.2 Å². The molecule has 39 heavy (non-hydrogen) atoms. The molecule has 0 bridgehead atoms. The maximum absolute atomic E-state index is 13.9. The molecule has 1 N–H and O–H groups in total. The van der Waals surface area contributed by atoms with Crippen molar-refractivity contribution >= 4 is 66.7 Å². The van der Waals surface area contributed by atoms with Gasteiger partial charge in [0.1, 0.15) is 12.6 Å². The summed E-state index contributed by atoms with van der Waals surface area (Å²) in [6.07, 6.45) is 0. The number of anilines is 1. The molecular formula is C28H30BrCl2N3O4S. The van der Waals surface area contributed by atoms with Gasteiger partial charge in [0.25, 0.3) is 10.0 Å². The van der Waals surface area contributed by atoms with Crippen molar-refractivity contribution in [3.05, 3.63) is 92.9 Å². The summed E-state index contributed by atoms with van der Waals surface area (Å²) in [5.41, 5.74) is 0.871. The number of benzene rings is 3. The molecule has 0 saturated carbocycles. The van der Waals surface area contributed by atoms with Gasteiger partial charge in [0.2, 0.25) is 11.8 Å². The molecule has 0 aliphatic carbocycles. The summed E-state index contributed by atoms with van der Waals surface area (Å²) in [5, 5.41) is 3.25. The van der Waals surface area contributed by atoms with Crippen LogP contribution in [0.5, 0.6) is 0 Å². The molecule has 11 heteroatoms. The quantitative estimate of drug-likeness (QED) is 0.269. The monoisotopic (exact) mass is 653 g/mol. The second-order valence-electron chi connectivity index (χ2n) is 9.38. The molecule has 0 saturated heterocycles. The van der Waals surface area contributed by atoms with E-state index in [9.17, 15) is 18.0 Å². The summed E-state index contributed by atoms with van der Waals surface area (Å²) < 4.78 is 29.4. The molecule has 0 unspecified atom stereocenters. The van der Waals surface area contributed by atoms with E-state index >= 15 is 0 Å². The van der Waals surface area contributed by atoms with Crippen molar-refractivity contribution in [1.29, 1.82) is 0 Å². The maximum atomic E-state index is 13.9. The van der Waals surface area contributed by atoms with Crippen LogP contribution in [0.1, 0.15) is 26.3 Å². The molecule has 208 valence electrons. The second-order valence-corrected chi connectivity index (χ2v) is 13.0. The Kier molecular flexibility index (Phi) is 10.8. The maximum Gasteiger partial charge on any atom is 0.264 e. The highest BCUT2D eigenvalue weighted by Gasteiger charge is 2.33. The van der Waals surface area contributed by atoms with E-state index in [-0.39, 0.29) is 34.0 Å². The van der Waals surface area contributed by atoms with Crippen molar-refractivity contribution in [3.63, 3.8) is 0 Å². The van der Waals surface area contributed by atoms with Gasteiger partial charge in [0.05, 0.1) is 15.6 Å². The van der Waals surface area contributed by atoms with Gasteiger partial charge in [-0.3, -0.25) is 13.9 Å². The minimum absolute atomic E-state index is 0.00833. The van der Waals surface area contributed by atoms with Crippen LogP contribution in [0, 0.1) is 5.92 Å². The lowest BCUT2D eigenvalue weighted by atomic mass is 10.1. The van der Waals surface area contributed by atoms with E-state index in [0.717, 1.165) is 14.3 Å². The number of nitrogens with zero attached hydrogens (tertiary/aromatic N) is 2. The van der Waals surface area contributed by atoms with Gasteiger partial charge in [0.15, 0.2) is 0 Å². The van der Waals surface area contributed by atoms with E-state index in [1.54, 1.807) is 25.1 Å². The van der Waals surface area contributed by atoms with E-state index in [0.29, 0.717) is 11.6 Å². The van der Waals surface area contributed by atoms with Crippen molar-refractivity contribution in [1.82, 2.24) is 10.2 Å². The Morgan fingerprint density at radius 1 is 0.949 bits per heavy atom. The van der Waals surface area contributed by atoms with Crippen molar-refractivity contribution in [3.8, 4) is 0 Å². The van der Waals surface area contributed by atoms with Gasteiger partial charge in [-0.25, -0.2) is 8.42 Å². The molecule has 0 aliphatic heterocycles. The predicted octanol–water partition coefficient (Wildman–Crippen LogP) is 6.14. The van der Waals surface area contributed by atoms with Crippen LogP contribution in [0.3, 0.4) is 0 Å². The van der Waals surface area contributed by atoms with Gasteiger partial charge < -0.3 is 10.2 Å². The molecule has 3 aromatic rings. The van der Waals surface area contributed by atoms with E-state index in [1.165, 1.54) is 35.2 Å². The molecule has 3 rings (SSSR count). The SMILES string of the molecule is CC(C)CNC(=O)[C@H](C)N(Cc1ccc(Br)cc1)C(=O)CN(c1ccc(Cl)cc1Cl)S(=O)(=O)c1ccccc1. The standard InChI is InChI=1S/C28H30BrCl2N3O4S/c1-19(2)16-32-28(36)20(3)33(17-21-9-11-22(29)12-10-21)27(35)18-34(26-14-13-23(30)15-25(26)31)39(37,38)24-7-5-4-6-8-24/h4-15,19-20H,16-18H2,1-3H3,(H,32,36)/t20-/m0/s1. The van der Waals surface area contributed by atoms with Crippen LogP contribution in [0.25, 0.3) is 0 Å². The Morgan fingerprint density at radius 2 is 1.59 bits per heavy atom. The average molecular weight is 655 g/mol. The van der Waals surface area contributed by atoms with Crippen LogP contribution >= 0.6 is 39.1 Å². The van der Waals surface area contributed by atoms with E-state index in [1.807, 2.05) is 38.1 Å². The smallest absolute Gasteiger partial charge is 0.264 e. The fourth-order valence-corrected chi connectivity index (χ4v) is 6.02. The number of rotatable bonds is 11. The number of hydrogen-bond acceptors (Lipinski definition) is 4. The molecule has 0 radical (unpaired) electrons. The Hall–Kier alpha value is -2.59. The topological polar surface area (TPSA) is 86.8 Å². The lowest BCUT2D eigenvalue weighted by Crippen LogP contribution is -2.51. The third kappa shape index (κ3) is 8.20. The van der Waals surface area contributed by atoms with Crippen molar-refractivity contribution in [2.75, 3.05) is 17.4 Å². The Balaban J connectivity index is 2.03. The van der Waals surface area contributed by atoms with Crippen molar-refractivity contribution < 1.29 is 18.0 Å². The van der Waals surface area contributed by atoms with Gasteiger partial charge >= 0.3 is 0 Å². The molecule has 1 atom stereocenters. The number of sulfonamides is 1. The normalized spacial score (nSPS) is 12.2. The number of nitrogens with one attached hydrogen (secondary N) is 1. The highest BCUT2D eigenvalue weighted by Crippen LogP contribution is 2.33. The number of hydrogen-bond donors (Lipinski definition) is 1. The van der Waals surface area contributed by atoms with Gasteiger partial charge in [-0.2, -0.15) is 0 Å². The van der Waals surface area contributed by atoms with Gasteiger partial charge in [-0.15, -0.1) is 0 Å². The van der Waals surface area contributed by atoms with Crippen molar-refractivity contribution in [2.45, 2.75) is 38.3 Å². The van der Waals surface area contributed by atoms with Crippen LogP contribution in [0.2, 0.25) is 10.0 Å². The summed E-state index contributed by atoms with van der Waals surface area (Å²) in [6, 6.07) is 18.6. The van der Waals surface area contributed by atoms with Crippen LogP contribution in [0.4, 0.5) is 5.69 Å². The lowest BCUT2D eigenvalue weighted by molar-refractivity contribution is -0.139. The first-order valence-electron chi connectivity index (χ1n) is 12.2. The zero-order valence-corrected chi connectivity index (χ0v) is 25.7. The van der Waals surface area contributed by atoms with Crippen LogP contribution < -0.4 is 9.62 Å². The molecule has 3 aromatic carbocycles. The third-order valence-corrected chi connectivity index (χ3v) is 8.75. The molecule has 0 heterocycles. The third-order valence-electron chi connectivity index (χ3n) is 5.91. The van der Waals surface area contributed by atoms with E-state index < -0.39 is 28.5 Å². The van der Waals surface area contributed by atoms with Gasteiger partial charge in [-0.1, -0.05) is 83.3 Å². The fraction of sp³-hybridized carbons (Fsp3) is 0.286. The highest BCUT2D eigenvalue weighted by molar-refractivity contribution is 9.10. The first-order valence-corrected chi connectivity index (χ1v) is 15.2. The predicted molar refractivity (Wildman–Crippen MR) is 159 cm³/mol. The zero-order chi connectivity index (χ0) is 28.7. The number of carbonyl (C=O) groups is 2. The van der Waals surface area contributed by atoms with Crippen LogP contribution in [-0.4, -0.2) is 44.3 Å². The molecule has 0 aliphatic rings. The molecular weight excluding hydrogens is 625 g/mol. The summed E-state index contributed by atoms with van der Waals surface area (Å²) >= 11 is 15.9. The number of amides is 2. The number of carbonyl (C=O) groups excluding carboxylic acids is 2. The van der Waals surface area contributed by atoms with Gasteiger partial charge in [-0.05, 0) is 60.9 Å². The largest absolute Gasteiger partial charge is 0.354 e. The summed E-state index contributed by atoms with van der Waals surface area (Å²) in [7, 11) is -4.21. The first-order chi connectivity index (χ1) is 18.4. The minimum Gasteiger partial charge on any atom is -0.354 e. The average Bonchev–Trinajstić information content (AvgIpc) is 2.90. The first kappa shape index (κ1) is 30.9. The Bertz CT molecular complexity index is 1400. The fourth-order valence-electron chi connectivity index (χ4n) is 3.74. The van der Waals surface area contributed by atoms with Gasteiger partial charge in [0, 0.05) is 22.6 Å². The number of halogens is 3. The second kappa shape index (κ2) is 13.7. The summed E-state index contributed by atoms with van der Waals surface area (Å²) in [5.74, 6) is -0.692. The van der Waals surface area contributed by atoms with Crippen molar-refractivity contribution in [2.24, 2.45) is 5.92 Å². The minimum atomic E-state index is -4.21. The Morgan fingerprint density at radius 3 is 2.18 bits per heavy atom. The van der Waals surface area contributed by atoms with E-state index in [4.69, 9.17) is 23.2 Å². The highest BCUT2D eigenvalue weighted by atomic mass is 79.9. The Labute approximate surface area is 248 Å². The van der Waals surface area contributed by atoms with E-state index in [2.05, 4.69) is 21.2 Å². The molecule has 0 spiro atoms. The molecule has 0 aromatic heterocycles. The molecule has 0 fully saturated rings. The molecule has 2 amide bonds. The molecule has 7 nitrogen and oxygen atoms in total. The zero-order valence-electron chi connectivity index (χ0n) is 21.8.